The minimum atomic E-state index is 0.896. The largest absolute Gasteiger partial charge is 0.497 e. The average Bonchev–Trinajstić information content (AvgIpc) is 2.50. The van der Waals surface area contributed by atoms with Crippen LogP contribution < -0.4 is 15.4 Å². The van der Waals surface area contributed by atoms with Gasteiger partial charge in [0.15, 0.2) is 5.96 Å². The number of methoxy groups -OCH3 is 1. The lowest BCUT2D eigenvalue weighted by atomic mass is 10.1. The van der Waals surface area contributed by atoms with Gasteiger partial charge >= 0.3 is 0 Å². The van der Waals surface area contributed by atoms with E-state index < -0.39 is 0 Å². The Labute approximate surface area is 122 Å². The van der Waals surface area contributed by atoms with E-state index in [0.717, 1.165) is 37.6 Å². The van der Waals surface area contributed by atoms with Crippen LogP contribution in [0.5, 0.6) is 5.75 Å². The Morgan fingerprint density at radius 1 is 1.10 bits per heavy atom. The molecule has 0 saturated heterocycles. The van der Waals surface area contributed by atoms with E-state index in [1.165, 1.54) is 18.4 Å². The monoisotopic (exact) mass is 277 g/mol. The van der Waals surface area contributed by atoms with E-state index in [0.29, 0.717) is 0 Å². The summed E-state index contributed by atoms with van der Waals surface area (Å²) in [5.74, 6) is 1.81. The molecule has 0 fully saturated rings. The second-order valence-electron chi connectivity index (χ2n) is 4.73. The van der Waals surface area contributed by atoms with Crippen molar-refractivity contribution in [3.05, 3.63) is 29.8 Å². The molecule has 2 N–H and O–H groups in total. The molecule has 0 amide bonds. The third kappa shape index (κ3) is 6.45. The van der Waals surface area contributed by atoms with Gasteiger partial charge in [0.1, 0.15) is 5.75 Å². The topological polar surface area (TPSA) is 45.7 Å². The highest BCUT2D eigenvalue weighted by atomic mass is 16.5. The number of hydrogen-bond acceptors (Lipinski definition) is 2. The van der Waals surface area contributed by atoms with Gasteiger partial charge in [-0.25, -0.2) is 0 Å². The van der Waals surface area contributed by atoms with Gasteiger partial charge in [-0.15, -0.1) is 0 Å². The Bertz CT molecular complexity index is 387. The Hall–Kier alpha value is -1.71. The van der Waals surface area contributed by atoms with Gasteiger partial charge in [0.05, 0.1) is 7.11 Å². The first-order valence-corrected chi connectivity index (χ1v) is 7.37. The number of aryl methyl sites for hydroxylation is 1. The average molecular weight is 277 g/mol. The predicted molar refractivity (Wildman–Crippen MR) is 85.6 cm³/mol. The van der Waals surface area contributed by atoms with Crippen LogP contribution in [0.3, 0.4) is 0 Å². The number of nitrogens with zero attached hydrogens (tertiary/aromatic N) is 1. The minimum Gasteiger partial charge on any atom is -0.497 e. The molecule has 0 aliphatic rings. The molecule has 0 aliphatic carbocycles. The molecule has 0 spiro atoms. The van der Waals surface area contributed by atoms with Crippen LogP contribution in [0.25, 0.3) is 0 Å². The van der Waals surface area contributed by atoms with Crippen molar-refractivity contribution in [3.8, 4) is 5.75 Å². The highest BCUT2D eigenvalue weighted by molar-refractivity contribution is 5.79. The lowest BCUT2D eigenvalue weighted by Crippen LogP contribution is -2.38. The third-order valence-electron chi connectivity index (χ3n) is 3.14. The van der Waals surface area contributed by atoms with Crippen molar-refractivity contribution in [1.29, 1.82) is 0 Å². The molecule has 1 rings (SSSR count). The fraction of sp³-hybridized carbons (Fsp3) is 0.562. The second kappa shape index (κ2) is 10.1. The maximum Gasteiger partial charge on any atom is 0.190 e. The maximum absolute atomic E-state index is 5.15. The Balaban J connectivity index is 2.19. The lowest BCUT2D eigenvalue weighted by Gasteiger charge is -2.11. The summed E-state index contributed by atoms with van der Waals surface area (Å²) in [6.45, 7) is 4.10. The van der Waals surface area contributed by atoms with Gasteiger partial charge in [-0.1, -0.05) is 25.5 Å². The first-order valence-electron chi connectivity index (χ1n) is 7.37. The van der Waals surface area contributed by atoms with Gasteiger partial charge in [0.25, 0.3) is 0 Å². The summed E-state index contributed by atoms with van der Waals surface area (Å²) in [4.78, 5) is 4.20. The molecule has 4 nitrogen and oxygen atoms in total. The molecule has 0 saturated carbocycles. The van der Waals surface area contributed by atoms with E-state index in [1.807, 2.05) is 19.2 Å². The van der Waals surface area contributed by atoms with E-state index in [-0.39, 0.29) is 0 Å². The van der Waals surface area contributed by atoms with E-state index in [9.17, 15) is 0 Å². The smallest absolute Gasteiger partial charge is 0.190 e. The van der Waals surface area contributed by atoms with E-state index in [2.05, 4.69) is 34.7 Å². The summed E-state index contributed by atoms with van der Waals surface area (Å²) in [6, 6.07) is 8.25. The first kappa shape index (κ1) is 16.3. The van der Waals surface area contributed by atoms with Crippen LogP contribution in [0.15, 0.2) is 29.3 Å². The van der Waals surface area contributed by atoms with Crippen LogP contribution in [0.1, 0.15) is 31.7 Å². The van der Waals surface area contributed by atoms with Crippen molar-refractivity contribution in [1.82, 2.24) is 10.6 Å². The summed E-state index contributed by atoms with van der Waals surface area (Å²) >= 11 is 0. The number of nitrogens with one attached hydrogen (secondary N) is 2. The number of hydrogen-bond donors (Lipinski definition) is 2. The third-order valence-corrected chi connectivity index (χ3v) is 3.14. The number of guanidine groups is 1. The fourth-order valence-corrected chi connectivity index (χ4v) is 1.90. The SMILES string of the molecule is CCCCNC(=NC)NCCCc1ccc(OC)cc1. The van der Waals surface area contributed by atoms with Crippen LogP contribution >= 0.6 is 0 Å². The lowest BCUT2D eigenvalue weighted by molar-refractivity contribution is 0.414. The molecule has 0 aliphatic heterocycles. The van der Waals surface area contributed by atoms with Crippen molar-refractivity contribution in [2.45, 2.75) is 32.6 Å². The second-order valence-corrected chi connectivity index (χ2v) is 4.73. The van der Waals surface area contributed by atoms with Crippen LogP contribution in [0.2, 0.25) is 0 Å². The molecule has 4 heteroatoms. The number of aliphatic imine (C=N–C) groups is 1. The van der Waals surface area contributed by atoms with Crippen LogP contribution in [-0.2, 0) is 6.42 Å². The molecule has 112 valence electrons. The molecule has 0 aromatic heterocycles. The zero-order chi connectivity index (χ0) is 14.6. The van der Waals surface area contributed by atoms with Crippen molar-refractivity contribution >= 4 is 5.96 Å². The van der Waals surface area contributed by atoms with Crippen molar-refractivity contribution in [2.75, 3.05) is 27.2 Å². The minimum absolute atomic E-state index is 0.896. The normalized spacial score (nSPS) is 11.2. The molecule has 0 radical (unpaired) electrons. The van der Waals surface area contributed by atoms with Crippen LogP contribution in [0.4, 0.5) is 0 Å². The molecule has 1 aromatic carbocycles. The van der Waals surface area contributed by atoms with Crippen LogP contribution in [-0.4, -0.2) is 33.2 Å². The summed E-state index contributed by atoms with van der Waals surface area (Å²) in [6.07, 6.45) is 4.51. The molecule has 0 unspecified atom stereocenters. The number of ether oxygens (including phenoxy) is 1. The summed E-state index contributed by atoms with van der Waals surface area (Å²) < 4.78 is 5.15. The number of benzene rings is 1. The van der Waals surface area contributed by atoms with Crippen LogP contribution in [0, 0.1) is 0 Å². The van der Waals surface area contributed by atoms with Gasteiger partial charge in [0, 0.05) is 20.1 Å². The van der Waals surface area contributed by atoms with E-state index in [1.54, 1.807) is 7.11 Å². The molecular formula is C16H27N3O. The number of rotatable bonds is 8. The van der Waals surface area contributed by atoms with E-state index in [4.69, 9.17) is 4.74 Å². The van der Waals surface area contributed by atoms with Gasteiger partial charge in [-0.2, -0.15) is 0 Å². The predicted octanol–water partition coefficient (Wildman–Crippen LogP) is 2.59. The Morgan fingerprint density at radius 3 is 2.30 bits per heavy atom. The highest BCUT2D eigenvalue weighted by Gasteiger charge is 1.97. The highest BCUT2D eigenvalue weighted by Crippen LogP contribution is 2.12. The maximum atomic E-state index is 5.15. The zero-order valence-electron chi connectivity index (χ0n) is 12.9. The Kier molecular flexibility index (Phi) is 8.27. The summed E-state index contributed by atoms with van der Waals surface area (Å²) in [7, 11) is 3.50. The van der Waals surface area contributed by atoms with Crippen molar-refractivity contribution in [3.63, 3.8) is 0 Å². The molecule has 0 bridgehead atoms. The van der Waals surface area contributed by atoms with Crippen molar-refractivity contribution in [2.24, 2.45) is 4.99 Å². The summed E-state index contributed by atoms with van der Waals surface area (Å²) in [5, 5.41) is 6.64. The molecular weight excluding hydrogens is 250 g/mol. The van der Waals surface area contributed by atoms with Crippen molar-refractivity contribution < 1.29 is 4.74 Å². The number of unbranched alkanes of at least 4 members (excludes halogenated alkanes) is 1. The zero-order valence-corrected chi connectivity index (χ0v) is 12.9. The van der Waals surface area contributed by atoms with Gasteiger partial charge < -0.3 is 15.4 Å². The van der Waals surface area contributed by atoms with Gasteiger partial charge in [-0.3, -0.25) is 4.99 Å². The quantitative estimate of drug-likeness (QED) is 0.436. The fourth-order valence-electron chi connectivity index (χ4n) is 1.90. The molecule has 1 aromatic rings. The van der Waals surface area contributed by atoms with Gasteiger partial charge in [0.2, 0.25) is 0 Å². The summed E-state index contributed by atoms with van der Waals surface area (Å²) in [5.41, 5.74) is 1.33. The molecule has 0 atom stereocenters. The standard InChI is InChI=1S/C16H27N3O/c1-4-5-12-18-16(17-2)19-13-6-7-14-8-10-15(20-3)11-9-14/h8-11H,4-7,12-13H2,1-3H3,(H2,17,18,19). The molecule has 0 heterocycles. The molecule has 20 heavy (non-hydrogen) atoms. The van der Waals surface area contributed by atoms with Gasteiger partial charge in [-0.05, 0) is 37.0 Å². The Morgan fingerprint density at radius 2 is 1.75 bits per heavy atom. The van der Waals surface area contributed by atoms with E-state index >= 15 is 0 Å². The first-order chi connectivity index (χ1) is 9.80.